The fourth-order valence-corrected chi connectivity index (χ4v) is 4.00. The summed E-state index contributed by atoms with van der Waals surface area (Å²) in [6.45, 7) is 2.94. The van der Waals surface area contributed by atoms with E-state index in [-0.39, 0.29) is 11.8 Å². The van der Waals surface area contributed by atoms with Gasteiger partial charge in [0, 0.05) is 18.5 Å². The van der Waals surface area contributed by atoms with Gasteiger partial charge in [-0.2, -0.15) is 0 Å². The molecule has 0 radical (unpaired) electrons. The zero-order valence-electron chi connectivity index (χ0n) is 13.1. The molecule has 0 aromatic rings. The molecule has 3 heteroatoms. The SMILES string of the molecule is CC(C(=O)NCCCC1CCCC1)C1CCCC(N)C1. The third kappa shape index (κ3) is 4.76. The number of hydrogen-bond acceptors (Lipinski definition) is 2. The number of rotatable bonds is 6. The molecule has 2 aliphatic carbocycles. The van der Waals surface area contributed by atoms with Crippen molar-refractivity contribution >= 4 is 5.91 Å². The van der Waals surface area contributed by atoms with Crippen molar-refractivity contribution in [3.05, 3.63) is 0 Å². The molecule has 2 saturated carbocycles. The van der Waals surface area contributed by atoms with Crippen LogP contribution in [0.3, 0.4) is 0 Å². The zero-order valence-corrected chi connectivity index (χ0v) is 13.1. The van der Waals surface area contributed by atoms with Crippen molar-refractivity contribution in [3.63, 3.8) is 0 Å². The van der Waals surface area contributed by atoms with Gasteiger partial charge in [-0.25, -0.2) is 0 Å². The number of carbonyl (C=O) groups excluding carboxylic acids is 1. The first kappa shape index (κ1) is 15.8. The Kier molecular flexibility index (Phi) is 6.34. The van der Waals surface area contributed by atoms with E-state index in [1.807, 2.05) is 0 Å². The van der Waals surface area contributed by atoms with Crippen LogP contribution in [0.25, 0.3) is 0 Å². The number of carbonyl (C=O) groups is 1. The van der Waals surface area contributed by atoms with Crippen molar-refractivity contribution in [1.29, 1.82) is 0 Å². The highest BCUT2D eigenvalue weighted by Crippen LogP contribution is 2.30. The lowest BCUT2D eigenvalue weighted by Gasteiger charge is -2.30. The van der Waals surface area contributed by atoms with E-state index in [4.69, 9.17) is 5.73 Å². The maximum atomic E-state index is 12.2. The third-order valence-electron chi connectivity index (χ3n) is 5.44. The molecule has 0 spiro atoms. The normalized spacial score (nSPS) is 29.3. The maximum Gasteiger partial charge on any atom is 0.223 e. The average molecular weight is 280 g/mol. The highest BCUT2D eigenvalue weighted by Gasteiger charge is 2.28. The molecule has 0 saturated heterocycles. The number of amides is 1. The Balaban J connectivity index is 1.60. The predicted octanol–water partition coefficient (Wildman–Crippen LogP) is 3.23. The van der Waals surface area contributed by atoms with Gasteiger partial charge in [-0.15, -0.1) is 0 Å². The summed E-state index contributed by atoms with van der Waals surface area (Å²) in [5.41, 5.74) is 6.02. The number of nitrogens with two attached hydrogens (primary N) is 1. The van der Waals surface area contributed by atoms with Gasteiger partial charge in [-0.05, 0) is 43.9 Å². The maximum absolute atomic E-state index is 12.2. The smallest absolute Gasteiger partial charge is 0.223 e. The second kappa shape index (κ2) is 8.02. The molecule has 0 heterocycles. The van der Waals surface area contributed by atoms with Crippen molar-refractivity contribution in [2.75, 3.05) is 6.54 Å². The Morgan fingerprint density at radius 2 is 1.95 bits per heavy atom. The van der Waals surface area contributed by atoms with Crippen LogP contribution in [0.15, 0.2) is 0 Å². The van der Waals surface area contributed by atoms with Crippen LogP contribution in [0.4, 0.5) is 0 Å². The quantitative estimate of drug-likeness (QED) is 0.734. The molecule has 20 heavy (non-hydrogen) atoms. The molecule has 1 amide bonds. The van der Waals surface area contributed by atoms with Crippen molar-refractivity contribution < 1.29 is 4.79 Å². The zero-order chi connectivity index (χ0) is 14.4. The van der Waals surface area contributed by atoms with Crippen LogP contribution in [-0.2, 0) is 4.79 Å². The monoisotopic (exact) mass is 280 g/mol. The van der Waals surface area contributed by atoms with Crippen molar-refractivity contribution in [2.24, 2.45) is 23.5 Å². The van der Waals surface area contributed by atoms with E-state index in [9.17, 15) is 4.79 Å². The molecule has 2 fully saturated rings. The second-order valence-electron chi connectivity index (χ2n) is 7.06. The lowest BCUT2D eigenvalue weighted by Crippen LogP contribution is -2.38. The molecule has 116 valence electrons. The van der Waals surface area contributed by atoms with Gasteiger partial charge in [0.2, 0.25) is 5.91 Å². The Hall–Kier alpha value is -0.570. The minimum Gasteiger partial charge on any atom is -0.356 e. The molecule has 0 bridgehead atoms. The Morgan fingerprint density at radius 3 is 2.65 bits per heavy atom. The van der Waals surface area contributed by atoms with Crippen LogP contribution in [0, 0.1) is 17.8 Å². The first-order chi connectivity index (χ1) is 9.66. The van der Waals surface area contributed by atoms with E-state index in [1.54, 1.807) is 0 Å². The average Bonchev–Trinajstić information content (AvgIpc) is 2.95. The van der Waals surface area contributed by atoms with Gasteiger partial charge in [0.15, 0.2) is 0 Å². The second-order valence-corrected chi connectivity index (χ2v) is 7.06. The van der Waals surface area contributed by atoms with Gasteiger partial charge in [0.1, 0.15) is 0 Å². The lowest BCUT2D eigenvalue weighted by atomic mass is 9.78. The fraction of sp³-hybridized carbons (Fsp3) is 0.941. The molecule has 2 aliphatic rings. The molecule has 2 rings (SSSR count). The van der Waals surface area contributed by atoms with Crippen LogP contribution >= 0.6 is 0 Å². The minimum atomic E-state index is 0.132. The fourth-order valence-electron chi connectivity index (χ4n) is 4.00. The summed E-state index contributed by atoms with van der Waals surface area (Å²) in [5, 5.41) is 3.14. The molecular formula is C17H32N2O. The Labute approximate surface area is 124 Å². The van der Waals surface area contributed by atoms with Gasteiger partial charge in [-0.1, -0.05) is 39.0 Å². The summed E-state index contributed by atoms with van der Waals surface area (Å²) in [4.78, 5) is 12.2. The molecule has 3 nitrogen and oxygen atoms in total. The van der Waals surface area contributed by atoms with Gasteiger partial charge >= 0.3 is 0 Å². The van der Waals surface area contributed by atoms with E-state index in [2.05, 4.69) is 12.2 Å². The standard InChI is InChI=1S/C17H32N2O/c1-13(15-9-4-10-16(18)12-15)17(20)19-11-5-8-14-6-2-3-7-14/h13-16H,2-12,18H2,1H3,(H,19,20). The summed E-state index contributed by atoms with van der Waals surface area (Å²) in [6.07, 6.45) is 12.6. The molecular weight excluding hydrogens is 248 g/mol. The number of hydrogen-bond donors (Lipinski definition) is 2. The van der Waals surface area contributed by atoms with Crippen molar-refractivity contribution in [2.45, 2.75) is 77.2 Å². The topological polar surface area (TPSA) is 55.1 Å². The molecule has 3 atom stereocenters. The first-order valence-corrected chi connectivity index (χ1v) is 8.70. The van der Waals surface area contributed by atoms with E-state index in [0.717, 1.165) is 31.7 Å². The summed E-state index contributed by atoms with van der Waals surface area (Å²) in [7, 11) is 0. The Morgan fingerprint density at radius 1 is 1.20 bits per heavy atom. The van der Waals surface area contributed by atoms with E-state index < -0.39 is 0 Å². The van der Waals surface area contributed by atoms with E-state index >= 15 is 0 Å². The van der Waals surface area contributed by atoms with Crippen LogP contribution in [-0.4, -0.2) is 18.5 Å². The summed E-state index contributed by atoms with van der Waals surface area (Å²) < 4.78 is 0. The molecule has 0 aromatic heterocycles. The molecule has 0 aromatic carbocycles. The highest BCUT2D eigenvalue weighted by molar-refractivity contribution is 5.78. The highest BCUT2D eigenvalue weighted by atomic mass is 16.1. The Bertz CT molecular complexity index is 299. The minimum absolute atomic E-state index is 0.132. The van der Waals surface area contributed by atoms with Gasteiger partial charge in [0.05, 0.1) is 0 Å². The van der Waals surface area contributed by atoms with Crippen molar-refractivity contribution in [3.8, 4) is 0 Å². The number of nitrogens with one attached hydrogen (secondary N) is 1. The summed E-state index contributed by atoms with van der Waals surface area (Å²) in [5.74, 6) is 1.80. The van der Waals surface area contributed by atoms with Crippen LogP contribution in [0.5, 0.6) is 0 Å². The largest absolute Gasteiger partial charge is 0.356 e. The lowest BCUT2D eigenvalue weighted by molar-refractivity contribution is -0.126. The van der Waals surface area contributed by atoms with E-state index in [0.29, 0.717) is 12.0 Å². The van der Waals surface area contributed by atoms with Crippen LogP contribution in [0.2, 0.25) is 0 Å². The van der Waals surface area contributed by atoms with Gasteiger partial charge in [-0.3, -0.25) is 4.79 Å². The predicted molar refractivity (Wildman–Crippen MR) is 83.3 cm³/mol. The van der Waals surface area contributed by atoms with Crippen LogP contribution < -0.4 is 11.1 Å². The molecule has 3 N–H and O–H groups in total. The third-order valence-corrected chi connectivity index (χ3v) is 5.44. The van der Waals surface area contributed by atoms with Crippen molar-refractivity contribution in [1.82, 2.24) is 5.32 Å². The van der Waals surface area contributed by atoms with Crippen LogP contribution in [0.1, 0.15) is 71.1 Å². The molecule has 3 unspecified atom stereocenters. The summed E-state index contributed by atoms with van der Waals surface area (Å²) in [6, 6.07) is 0.311. The summed E-state index contributed by atoms with van der Waals surface area (Å²) >= 11 is 0. The first-order valence-electron chi connectivity index (χ1n) is 8.70. The van der Waals surface area contributed by atoms with E-state index in [1.165, 1.54) is 44.9 Å². The van der Waals surface area contributed by atoms with Gasteiger partial charge in [0.25, 0.3) is 0 Å². The van der Waals surface area contributed by atoms with Gasteiger partial charge < -0.3 is 11.1 Å². The molecule has 0 aliphatic heterocycles.